The lowest BCUT2D eigenvalue weighted by Gasteiger charge is -2.38. The van der Waals surface area contributed by atoms with Crippen LogP contribution >= 0.6 is 0 Å². The Hall–Kier alpha value is -3.21. The molecule has 0 radical (unpaired) electrons. The number of nitrogens with zero attached hydrogens (tertiary/aromatic N) is 4. The number of pyridine rings is 1. The molecule has 10 heteroatoms. The first-order valence-electron chi connectivity index (χ1n) is 12.9. The van der Waals surface area contributed by atoms with Crippen LogP contribution < -0.4 is 15.0 Å². The van der Waals surface area contributed by atoms with Crippen molar-refractivity contribution in [2.24, 2.45) is 0 Å². The number of sulfonamides is 1. The van der Waals surface area contributed by atoms with Crippen molar-refractivity contribution in [2.75, 3.05) is 56.1 Å². The average molecular weight is 522 g/mol. The van der Waals surface area contributed by atoms with Crippen molar-refractivity contribution in [3.05, 3.63) is 54.9 Å². The quantitative estimate of drug-likeness (QED) is 0.533. The number of nitrogens with one attached hydrogen (secondary N) is 1. The second-order valence-corrected chi connectivity index (χ2v) is 11.7. The van der Waals surface area contributed by atoms with E-state index in [1.165, 1.54) is 0 Å². The molecule has 0 saturated carbocycles. The summed E-state index contributed by atoms with van der Waals surface area (Å²) in [5.74, 6) is 0.612. The Labute approximate surface area is 217 Å². The third-order valence-corrected chi connectivity index (χ3v) is 9.67. The van der Waals surface area contributed by atoms with E-state index in [9.17, 15) is 13.2 Å². The van der Waals surface area contributed by atoms with Crippen LogP contribution in [0.3, 0.4) is 0 Å². The van der Waals surface area contributed by atoms with Crippen LogP contribution in [0.1, 0.15) is 19.3 Å². The summed E-state index contributed by atoms with van der Waals surface area (Å²) in [5.41, 5.74) is 1.73. The molecule has 37 heavy (non-hydrogen) atoms. The van der Waals surface area contributed by atoms with Crippen molar-refractivity contribution in [1.29, 1.82) is 0 Å². The number of ether oxygens (including phenoxy) is 1. The Morgan fingerprint density at radius 3 is 2.73 bits per heavy atom. The first kappa shape index (κ1) is 24.1. The number of carbonyl (C=O) groups is 1. The molecule has 4 heterocycles. The molecular formula is C27H31N5O4S. The van der Waals surface area contributed by atoms with Crippen LogP contribution in [-0.4, -0.2) is 80.4 Å². The molecule has 9 nitrogen and oxygen atoms in total. The van der Waals surface area contributed by atoms with Crippen molar-refractivity contribution in [1.82, 2.24) is 14.2 Å². The Kier molecular flexibility index (Phi) is 6.48. The molecule has 1 amide bonds. The highest BCUT2D eigenvalue weighted by Gasteiger charge is 2.36. The predicted molar refractivity (Wildman–Crippen MR) is 142 cm³/mol. The average Bonchev–Trinajstić information content (AvgIpc) is 3.41. The summed E-state index contributed by atoms with van der Waals surface area (Å²) < 4.78 is 34.8. The Morgan fingerprint density at radius 2 is 1.86 bits per heavy atom. The molecule has 3 aromatic rings. The van der Waals surface area contributed by atoms with E-state index in [0.29, 0.717) is 11.4 Å². The molecule has 6 rings (SSSR count). The number of benzene rings is 2. The minimum atomic E-state index is -3.59. The molecule has 0 aliphatic carbocycles. The lowest BCUT2D eigenvalue weighted by Crippen LogP contribution is -2.48. The lowest BCUT2D eigenvalue weighted by atomic mass is 10.1. The maximum absolute atomic E-state index is 13.7. The van der Waals surface area contributed by atoms with Gasteiger partial charge in [0.1, 0.15) is 0 Å². The van der Waals surface area contributed by atoms with Gasteiger partial charge in [0.2, 0.25) is 10.0 Å². The van der Waals surface area contributed by atoms with Crippen LogP contribution in [0.25, 0.3) is 10.8 Å². The highest BCUT2D eigenvalue weighted by molar-refractivity contribution is 7.89. The van der Waals surface area contributed by atoms with Gasteiger partial charge in [-0.2, -0.15) is 4.31 Å². The van der Waals surface area contributed by atoms with Crippen molar-refractivity contribution in [3.8, 4) is 5.75 Å². The van der Waals surface area contributed by atoms with Crippen molar-refractivity contribution in [3.63, 3.8) is 0 Å². The number of hydrogen-bond acceptors (Lipinski definition) is 7. The van der Waals surface area contributed by atoms with Gasteiger partial charge in [-0.25, -0.2) is 8.42 Å². The van der Waals surface area contributed by atoms with Crippen molar-refractivity contribution in [2.45, 2.75) is 30.2 Å². The first-order valence-corrected chi connectivity index (χ1v) is 14.3. The summed E-state index contributed by atoms with van der Waals surface area (Å²) >= 11 is 0. The van der Waals surface area contributed by atoms with E-state index < -0.39 is 10.0 Å². The fourth-order valence-electron chi connectivity index (χ4n) is 5.75. The summed E-state index contributed by atoms with van der Waals surface area (Å²) in [6.07, 6.45) is 5.96. The number of aromatic nitrogens is 1. The van der Waals surface area contributed by atoms with Crippen molar-refractivity contribution >= 4 is 38.1 Å². The largest absolute Gasteiger partial charge is 0.479 e. The van der Waals surface area contributed by atoms with Gasteiger partial charge in [-0.3, -0.25) is 14.7 Å². The van der Waals surface area contributed by atoms with E-state index >= 15 is 0 Å². The molecule has 1 aromatic heterocycles. The van der Waals surface area contributed by atoms with E-state index in [1.54, 1.807) is 34.9 Å². The monoisotopic (exact) mass is 521 g/mol. The zero-order chi connectivity index (χ0) is 25.4. The molecule has 2 fully saturated rings. The van der Waals surface area contributed by atoms with Gasteiger partial charge >= 0.3 is 0 Å². The molecule has 0 bridgehead atoms. The van der Waals surface area contributed by atoms with Crippen LogP contribution in [0, 0.1) is 0 Å². The van der Waals surface area contributed by atoms with E-state index in [2.05, 4.69) is 20.1 Å². The normalized spacial score (nSPS) is 21.0. The summed E-state index contributed by atoms with van der Waals surface area (Å²) in [6.45, 7) is 4.97. The SMILES string of the molecule is O=C1COc2c(cccc2N2CCN(CC[C@@H]3CCCN3S(=O)(=O)c3cccc4cnccc34)CC2)N1. The second kappa shape index (κ2) is 9.92. The van der Waals surface area contributed by atoms with Gasteiger partial charge in [0, 0.05) is 61.9 Å². The molecule has 2 aromatic carbocycles. The number of anilines is 2. The number of amides is 1. The molecule has 3 aliphatic heterocycles. The number of piperazine rings is 1. The molecule has 0 spiro atoms. The molecule has 1 atom stereocenters. The number of hydrogen-bond donors (Lipinski definition) is 1. The van der Waals surface area contributed by atoms with E-state index in [-0.39, 0.29) is 18.6 Å². The molecule has 3 aliphatic rings. The zero-order valence-corrected chi connectivity index (χ0v) is 21.5. The Morgan fingerprint density at radius 1 is 1.03 bits per heavy atom. The minimum Gasteiger partial charge on any atom is -0.479 e. The third-order valence-electron chi connectivity index (χ3n) is 7.66. The van der Waals surface area contributed by atoms with E-state index in [1.807, 2.05) is 24.3 Å². The first-order chi connectivity index (χ1) is 18.0. The fourth-order valence-corrected chi connectivity index (χ4v) is 7.69. The standard InChI is InChI=1S/C27H31N5O4S/c33-26-19-36-27-23(29-26)6-2-7-24(27)31-16-14-30(15-17-31)13-10-21-5-3-12-32(21)37(34,35)25-8-1-4-20-18-28-11-9-22(20)25/h1-2,4,6-9,11,18,21H,3,5,10,12-17,19H2,(H,29,33)/t21-/m0/s1. The van der Waals surface area contributed by atoms with Gasteiger partial charge in [0.05, 0.1) is 16.3 Å². The molecule has 0 unspecified atom stereocenters. The number of carbonyl (C=O) groups excluding carboxylic acids is 1. The van der Waals surface area contributed by atoms with Crippen LogP contribution in [0.15, 0.2) is 59.8 Å². The van der Waals surface area contributed by atoms with Gasteiger partial charge in [-0.1, -0.05) is 18.2 Å². The fraction of sp³-hybridized carbons (Fsp3) is 0.407. The van der Waals surface area contributed by atoms with Gasteiger partial charge in [0.15, 0.2) is 12.4 Å². The summed E-state index contributed by atoms with van der Waals surface area (Å²) in [5, 5.41) is 4.44. The maximum atomic E-state index is 13.7. The van der Waals surface area contributed by atoms with Crippen LogP contribution in [-0.2, 0) is 14.8 Å². The van der Waals surface area contributed by atoms with E-state index in [0.717, 1.165) is 79.9 Å². The molecular weight excluding hydrogens is 490 g/mol. The third kappa shape index (κ3) is 4.65. The Bertz CT molecular complexity index is 1420. The van der Waals surface area contributed by atoms with E-state index in [4.69, 9.17) is 4.74 Å². The van der Waals surface area contributed by atoms with Gasteiger partial charge in [-0.05, 0) is 50.1 Å². The lowest BCUT2D eigenvalue weighted by molar-refractivity contribution is -0.118. The van der Waals surface area contributed by atoms with Gasteiger partial charge in [0.25, 0.3) is 5.91 Å². The Balaban J connectivity index is 1.09. The van der Waals surface area contributed by atoms with Gasteiger partial charge < -0.3 is 15.0 Å². The maximum Gasteiger partial charge on any atom is 0.262 e. The topological polar surface area (TPSA) is 95.1 Å². The number of para-hydroxylation sites is 1. The molecule has 2 saturated heterocycles. The van der Waals surface area contributed by atoms with Crippen LogP contribution in [0.5, 0.6) is 5.75 Å². The van der Waals surface area contributed by atoms with Crippen LogP contribution in [0.4, 0.5) is 11.4 Å². The smallest absolute Gasteiger partial charge is 0.262 e. The summed E-state index contributed by atoms with van der Waals surface area (Å²) in [7, 11) is -3.59. The van der Waals surface area contributed by atoms with Crippen molar-refractivity contribution < 1.29 is 17.9 Å². The predicted octanol–water partition coefficient (Wildman–Crippen LogP) is 2.93. The minimum absolute atomic E-state index is 0.0123. The number of fused-ring (bicyclic) bond motifs is 2. The summed E-state index contributed by atoms with van der Waals surface area (Å²) in [4.78, 5) is 20.9. The molecule has 1 N–H and O–H groups in total. The number of rotatable bonds is 6. The second-order valence-electron chi connectivity index (χ2n) is 9.87. The van der Waals surface area contributed by atoms with Gasteiger partial charge in [-0.15, -0.1) is 0 Å². The molecule has 194 valence electrons. The van der Waals surface area contributed by atoms with Crippen LogP contribution in [0.2, 0.25) is 0 Å². The highest BCUT2D eigenvalue weighted by atomic mass is 32.2. The summed E-state index contributed by atoms with van der Waals surface area (Å²) in [6, 6.07) is 13.0. The highest BCUT2D eigenvalue weighted by Crippen LogP contribution is 2.38. The zero-order valence-electron chi connectivity index (χ0n) is 20.7.